The molecule has 2 aromatic carbocycles. The fourth-order valence-electron chi connectivity index (χ4n) is 5.34. The van der Waals surface area contributed by atoms with Crippen LogP contribution in [0.5, 0.6) is 17.2 Å². The van der Waals surface area contributed by atoms with Gasteiger partial charge in [-0.3, -0.25) is 14.4 Å². The number of aromatic hydroxyl groups is 1. The van der Waals surface area contributed by atoms with E-state index < -0.39 is 90.3 Å². The summed E-state index contributed by atoms with van der Waals surface area (Å²) in [5.41, 5.74) is -0.692. The Balaban J connectivity index is 1.55. The zero-order valence-electron chi connectivity index (χ0n) is 25.1. The number of carbonyl (C=O) groups is 2. The minimum atomic E-state index is -1.74. The molecule has 0 spiro atoms. The largest absolute Gasteiger partial charge is 0.507 e. The number of phenolic OH excluding ortho intramolecular Hbond substituents is 1. The molecule has 3 heterocycles. The topological polar surface area (TPSA) is 221 Å². The highest BCUT2D eigenvalue weighted by molar-refractivity contribution is 5.88. The summed E-state index contributed by atoms with van der Waals surface area (Å²) in [7, 11) is 0. The Hall–Kier alpha value is -4.25. The molecule has 1 aromatic heterocycles. The number of hydrogen-bond acceptors (Lipinski definition) is 15. The van der Waals surface area contributed by atoms with Crippen molar-refractivity contribution in [1.82, 2.24) is 0 Å². The van der Waals surface area contributed by atoms with E-state index >= 15 is 0 Å². The highest BCUT2D eigenvalue weighted by atomic mass is 16.7. The molecule has 15 nitrogen and oxygen atoms in total. The van der Waals surface area contributed by atoms with Crippen molar-refractivity contribution < 1.29 is 68.0 Å². The number of rotatable bonds is 7. The molecule has 2 saturated heterocycles. The lowest BCUT2D eigenvalue weighted by Crippen LogP contribution is -2.61. The van der Waals surface area contributed by atoms with E-state index in [0.717, 1.165) is 19.9 Å². The molecule has 0 aliphatic carbocycles. The standard InChI is InChI=1S/C31H34O15/c1-12-21(35)23(37)24(38)30(40-12)44-17-10-18(34)20-19(11-17)45-27(16-8-6-5-7-9-16)28(22(20)36)46-31-25(39)29(43-15(4)33)26(13(2)41-31)42-14(3)32/h5-13,21,23-26,29-31,34-35,37-39H,1-4H3. The first kappa shape index (κ1) is 33.1. The smallest absolute Gasteiger partial charge is 0.303 e. The van der Waals surface area contributed by atoms with Crippen LogP contribution in [-0.2, 0) is 28.5 Å². The number of aliphatic hydroxyl groups is 4. The van der Waals surface area contributed by atoms with Crippen molar-refractivity contribution >= 4 is 22.9 Å². The molecule has 2 aliphatic heterocycles. The molecule has 2 fully saturated rings. The monoisotopic (exact) mass is 646 g/mol. The highest BCUT2D eigenvalue weighted by Crippen LogP contribution is 2.38. The van der Waals surface area contributed by atoms with Crippen molar-refractivity contribution in [3.63, 3.8) is 0 Å². The summed E-state index contributed by atoms with van der Waals surface area (Å²) in [5.74, 6) is -2.82. The van der Waals surface area contributed by atoms with E-state index in [1.165, 1.54) is 19.9 Å². The Morgan fingerprint density at radius 3 is 2.02 bits per heavy atom. The first-order valence-electron chi connectivity index (χ1n) is 14.4. The van der Waals surface area contributed by atoms with Gasteiger partial charge in [-0.15, -0.1) is 0 Å². The maximum atomic E-state index is 13.9. The third-order valence-electron chi connectivity index (χ3n) is 7.59. The van der Waals surface area contributed by atoms with Gasteiger partial charge in [-0.1, -0.05) is 30.3 Å². The number of ether oxygens (including phenoxy) is 6. The average molecular weight is 647 g/mol. The Morgan fingerprint density at radius 1 is 0.761 bits per heavy atom. The highest BCUT2D eigenvalue weighted by Gasteiger charge is 2.49. The van der Waals surface area contributed by atoms with Gasteiger partial charge >= 0.3 is 11.9 Å². The molecule has 5 rings (SSSR count). The predicted molar refractivity (Wildman–Crippen MR) is 155 cm³/mol. The van der Waals surface area contributed by atoms with Gasteiger partial charge in [-0.25, -0.2) is 0 Å². The van der Waals surface area contributed by atoms with Crippen LogP contribution in [0.25, 0.3) is 22.3 Å². The Labute approximate surface area is 261 Å². The number of fused-ring (bicyclic) bond motifs is 1. The molecule has 46 heavy (non-hydrogen) atoms. The summed E-state index contributed by atoms with van der Waals surface area (Å²) in [6.45, 7) is 5.21. The van der Waals surface area contributed by atoms with E-state index in [0.29, 0.717) is 5.56 Å². The molecule has 10 unspecified atom stereocenters. The van der Waals surface area contributed by atoms with E-state index in [2.05, 4.69) is 0 Å². The molecular formula is C31H34O15. The molecule has 15 heteroatoms. The van der Waals surface area contributed by atoms with Crippen LogP contribution < -0.4 is 14.9 Å². The minimum Gasteiger partial charge on any atom is -0.507 e. The first-order chi connectivity index (χ1) is 21.8. The summed E-state index contributed by atoms with van der Waals surface area (Å²) in [6, 6.07) is 10.6. The zero-order valence-corrected chi connectivity index (χ0v) is 25.1. The molecule has 5 N–H and O–H groups in total. The van der Waals surface area contributed by atoms with Crippen molar-refractivity contribution in [2.75, 3.05) is 0 Å². The summed E-state index contributed by atoms with van der Waals surface area (Å²) in [4.78, 5) is 37.5. The van der Waals surface area contributed by atoms with E-state index in [1.54, 1.807) is 30.3 Å². The van der Waals surface area contributed by atoms with Gasteiger partial charge < -0.3 is 58.4 Å². The van der Waals surface area contributed by atoms with E-state index in [1.807, 2.05) is 0 Å². The second kappa shape index (κ2) is 13.2. The van der Waals surface area contributed by atoms with E-state index in [-0.39, 0.29) is 22.5 Å². The van der Waals surface area contributed by atoms with Gasteiger partial charge in [0.05, 0.1) is 12.2 Å². The third-order valence-corrected chi connectivity index (χ3v) is 7.59. The normalized spacial score (nSPS) is 31.2. The van der Waals surface area contributed by atoms with Crippen LogP contribution >= 0.6 is 0 Å². The third kappa shape index (κ3) is 6.51. The van der Waals surface area contributed by atoms with Crippen LogP contribution in [0.2, 0.25) is 0 Å². The Kier molecular flexibility index (Phi) is 9.53. The number of esters is 2. The van der Waals surface area contributed by atoms with Crippen LogP contribution in [0.15, 0.2) is 51.7 Å². The summed E-state index contributed by atoms with van der Waals surface area (Å²) < 4.78 is 39.4. The van der Waals surface area contributed by atoms with Crippen LogP contribution in [-0.4, -0.2) is 98.9 Å². The van der Waals surface area contributed by atoms with Crippen molar-refractivity contribution in [3.8, 4) is 28.6 Å². The maximum Gasteiger partial charge on any atom is 0.303 e. The summed E-state index contributed by atoms with van der Waals surface area (Å²) in [6.07, 6.45) is -13.9. The fourth-order valence-corrected chi connectivity index (χ4v) is 5.34. The molecule has 10 atom stereocenters. The van der Waals surface area contributed by atoms with Crippen molar-refractivity contribution in [2.45, 2.75) is 89.1 Å². The quantitative estimate of drug-likeness (QED) is 0.223. The van der Waals surface area contributed by atoms with Crippen molar-refractivity contribution in [2.24, 2.45) is 0 Å². The number of carbonyl (C=O) groups excluding carboxylic acids is 2. The van der Waals surface area contributed by atoms with E-state index in [4.69, 9.17) is 32.8 Å². The van der Waals surface area contributed by atoms with Gasteiger partial charge in [-0.05, 0) is 13.8 Å². The SMILES string of the molecule is CC(=O)OC1C(C)OC(Oc2c(-c3ccccc3)oc3cc(OC4OC(C)C(O)C(O)C4O)cc(O)c3c2=O)C(O)C1OC(C)=O. The van der Waals surface area contributed by atoms with Crippen LogP contribution in [0.3, 0.4) is 0 Å². The van der Waals surface area contributed by atoms with Crippen LogP contribution in [0.4, 0.5) is 0 Å². The van der Waals surface area contributed by atoms with Gasteiger partial charge in [0.2, 0.25) is 23.8 Å². The number of benzene rings is 2. The van der Waals surface area contributed by atoms with Crippen molar-refractivity contribution in [1.29, 1.82) is 0 Å². The predicted octanol–water partition coefficient (Wildman–Crippen LogP) is 0.720. The van der Waals surface area contributed by atoms with Gasteiger partial charge in [0.1, 0.15) is 40.8 Å². The van der Waals surface area contributed by atoms with Crippen LogP contribution in [0.1, 0.15) is 27.7 Å². The summed E-state index contributed by atoms with van der Waals surface area (Å²) in [5, 5.41) is 52.2. The van der Waals surface area contributed by atoms with E-state index in [9.17, 15) is 39.9 Å². The second-order valence-corrected chi connectivity index (χ2v) is 11.0. The molecular weight excluding hydrogens is 612 g/mol. The van der Waals surface area contributed by atoms with Gasteiger partial charge in [-0.2, -0.15) is 0 Å². The number of aliphatic hydroxyl groups excluding tert-OH is 4. The molecule has 3 aromatic rings. The molecule has 2 aliphatic rings. The van der Waals surface area contributed by atoms with Gasteiger partial charge in [0, 0.05) is 31.5 Å². The average Bonchev–Trinajstić information content (AvgIpc) is 3.00. The lowest BCUT2D eigenvalue weighted by atomic mass is 9.99. The first-order valence-corrected chi connectivity index (χ1v) is 14.4. The Bertz CT molecular complexity index is 1640. The number of hydrogen-bond donors (Lipinski definition) is 5. The molecule has 0 amide bonds. The van der Waals surface area contributed by atoms with Crippen LogP contribution in [0, 0.1) is 0 Å². The molecule has 0 radical (unpaired) electrons. The molecule has 0 bridgehead atoms. The lowest BCUT2D eigenvalue weighted by molar-refractivity contribution is -0.276. The fraction of sp³-hybridized carbons (Fsp3) is 0.452. The zero-order chi connectivity index (χ0) is 33.4. The minimum absolute atomic E-state index is 0.110. The van der Waals surface area contributed by atoms with Gasteiger partial charge in [0.15, 0.2) is 24.1 Å². The second-order valence-electron chi connectivity index (χ2n) is 11.0. The lowest BCUT2D eigenvalue weighted by Gasteiger charge is -2.41. The molecule has 0 saturated carbocycles. The summed E-state index contributed by atoms with van der Waals surface area (Å²) >= 11 is 0. The molecule has 248 valence electrons. The maximum absolute atomic E-state index is 13.9. The van der Waals surface area contributed by atoms with Gasteiger partial charge in [0.25, 0.3) is 0 Å². The Morgan fingerprint density at radius 2 is 1.37 bits per heavy atom. The number of phenols is 1. The van der Waals surface area contributed by atoms with Crippen molar-refractivity contribution in [3.05, 3.63) is 52.7 Å².